The highest BCUT2D eigenvalue weighted by atomic mass is 16.6. The van der Waals surface area contributed by atoms with E-state index in [1.165, 1.54) is 109 Å². The lowest BCUT2D eigenvalue weighted by molar-refractivity contribution is -0.161. The van der Waals surface area contributed by atoms with Crippen LogP contribution in [0.1, 0.15) is 284 Å². The van der Waals surface area contributed by atoms with Crippen LogP contribution in [0.25, 0.3) is 0 Å². The molecule has 0 radical (unpaired) electrons. The Bertz CT molecular complexity index is 1970. The van der Waals surface area contributed by atoms with Crippen LogP contribution < -0.4 is 0 Å². The maximum Gasteiger partial charge on any atom is 0.306 e. The molecule has 1 unspecified atom stereocenters. The van der Waals surface area contributed by atoms with Gasteiger partial charge in [-0.2, -0.15) is 0 Å². The van der Waals surface area contributed by atoms with E-state index in [0.29, 0.717) is 12.8 Å². The van der Waals surface area contributed by atoms with Crippen molar-refractivity contribution in [1.82, 2.24) is 0 Å². The van der Waals surface area contributed by atoms with Gasteiger partial charge < -0.3 is 14.6 Å². The van der Waals surface area contributed by atoms with Gasteiger partial charge in [-0.05, 0) is 141 Å². The van der Waals surface area contributed by atoms with Crippen molar-refractivity contribution in [2.45, 2.75) is 290 Å². The lowest BCUT2D eigenvalue weighted by atomic mass is 10.0. The highest BCUT2D eigenvalue weighted by Gasteiger charge is 2.16. The molecule has 0 aliphatic carbocycles. The lowest BCUT2D eigenvalue weighted by Crippen LogP contribution is -2.28. The van der Waals surface area contributed by atoms with Crippen LogP contribution in [-0.2, 0) is 19.1 Å². The molecule has 0 aliphatic heterocycles. The van der Waals surface area contributed by atoms with E-state index >= 15 is 0 Å². The van der Waals surface area contributed by atoms with Gasteiger partial charge in [-0.25, -0.2) is 0 Å². The third-order valence-electron chi connectivity index (χ3n) is 14.4. The summed E-state index contributed by atoms with van der Waals surface area (Å²) in [6, 6.07) is 0. The summed E-state index contributed by atoms with van der Waals surface area (Å²) in [4.78, 5) is 24.7. The van der Waals surface area contributed by atoms with Crippen LogP contribution in [-0.4, -0.2) is 36.4 Å². The summed E-state index contributed by atoms with van der Waals surface area (Å²) in [5.41, 5.74) is 0. The summed E-state index contributed by atoms with van der Waals surface area (Å²) in [6.07, 6.45) is 117. The van der Waals surface area contributed by atoms with E-state index in [4.69, 9.17) is 9.47 Å². The molecular formula is C81H128O5. The van der Waals surface area contributed by atoms with Crippen molar-refractivity contribution in [2.24, 2.45) is 0 Å². The molecule has 0 aromatic carbocycles. The molecule has 5 heteroatoms. The van der Waals surface area contributed by atoms with E-state index in [1.807, 2.05) is 0 Å². The Morgan fingerprint density at radius 2 is 0.465 bits per heavy atom. The number of carbonyl (C=O) groups excluding carboxylic acids is 2. The Balaban J connectivity index is 3.58. The number of aliphatic hydroxyl groups is 1. The molecule has 86 heavy (non-hydrogen) atoms. The smallest absolute Gasteiger partial charge is 0.306 e. The van der Waals surface area contributed by atoms with Crippen LogP contribution in [0.5, 0.6) is 0 Å². The standard InChI is InChI=1S/C81H128O5/c1-3-5-7-9-11-13-15-17-19-21-23-25-27-29-31-33-35-37-38-39-40-41-42-44-46-48-50-52-54-56-58-60-62-64-66-68-70-72-74-76-81(84)86-79(77-82)78-85-80(83)75-73-71-69-67-65-63-61-59-57-55-53-51-49-47-45-43-36-34-32-30-28-26-24-22-20-18-16-14-12-10-8-6-4-2/h5-8,11-14,17-20,23-26,29-32,35-37,39-40,42-44,48,50,54,56,79,82H,3-4,9-10,15-16,21-22,27-28,33-34,38,41,45-47,49,51-53,55,57-78H2,1-2H3/b7-5-,8-6-,13-11-,14-12-,19-17-,20-18-,25-23-,26-24-,31-29-,32-30-,37-35-,40-39-,43-36-,44-42-,50-48-,56-54-. The average molecular weight is 1180 g/mol. The van der Waals surface area contributed by atoms with E-state index in [9.17, 15) is 14.7 Å². The van der Waals surface area contributed by atoms with Crippen molar-refractivity contribution in [1.29, 1.82) is 0 Å². The second-order valence-corrected chi connectivity index (χ2v) is 22.5. The lowest BCUT2D eigenvalue weighted by Gasteiger charge is -2.15. The van der Waals surface area contributed by atoms with Gasteiger partial charge in [0.1, 0.15) is 6.61 Å². The first-order valence-electron chi connectivity index (χ1n) is 35.0. The molecule has 1 N–H and O–H groups in total. The van der Waals surface area contributed by atoms with Crippen LogP contribution in [0.15, 0.2) is 194 Å². The topological polar surface area (TPSA) is 72.8 Å². The zero-order chi connectivity index (χ0) is 61.9. The predicted molar refractivity (Wildman–Crippen MR) is 379 cm³/mol. The fourth-order valence-corrected chi connectivity index (χ4v) is 9.24. The van der Waals surface area contributed by atoms with E-state index < -0.39 is 6.10 Å². The van der Waals surface area contributed by atoms with E-state index in [2.05, 4.69) is 208 Å². The zero-order valence-corrected chi connectivity index (χ0v) is 55.2. The first-order chi connectivity index (χ1) is 42.6. The Morgan fingerprint density at radius 1 is 0.267 bits per heavy atom. The number of hydrogen-bond acceptors (Lipinski definition) is 5. The molecule has 0 aromatic rings. The van der Waals surface area contributed by atoms with Crippen molar-refractivity contribution >= 4 is 11.9 Å². The first-order valence-corrected chi connectivity index (χ1v) is 35.0. The number of ether oxygens (including phenoxy) is 2. The molecule has 0 fully saturated rings. The summed E-state index contributed by atoms with van der Waals surface area (Å²) in [5, 5.41) is 9.71. The summed E-state index contributed by atoms with van der Waals surface area (Å²) in [7, 11) is 0. The fraction of sp³-hybridized carbons (Fsp3) is 0.580. The molecule has 0 aromatic heterocycles. The second-order valence-electron chi connectivity index (χ2n) is 22.5. The SMILES string of the molecule is CC/C=C\C/C=C\C/C=C\C/C=C\C/C=C\C/C=C\C/C=C\C/C=C\C/C=C\C/C=C\CCCCCCCCCCC(=O)OC(CO)COC(=O)CCCCCCCCCCCCCCCC/C=C\C/C=C\C/C=C\C/C=C\C/C=C\C/C=C\CC. The molecule has 482 valence electrons. The molecule has 0 bridgehead atoms. The number of allylic oxidation sites excluding steroid dienone is 32. The van der Waals surface area contributed by atoms with Crippen molar-refractivity contribution in [3.05, 3.63) is 194 Å². The van der Waals surface area contributed by atoms with E-state index in [-0.39, 0.29) is 25.2 Å². The summed E-state index contributed by atoms with van der Waals surface area (Å²) >= 11 is 0. The van der Waals surface area contributed by atoms with Crippen molar-refractivity contribution in [3.63, 3.8) is 0 Å². The Kier molecular flexibility index (Phi) is 69.5. The summed E-state index contributed by atoms with van der Waals surface area (Å²) < 4.78 is 10.7. The van der Waals surface area contributed by atoms with Crippen LogP contribution in [0.2, 0.25) is 0 Å². The Morgan fingerprint density at radius 3 is 0.698 bits per heavy atom. The Hall–Kier alpha value is -5.26. The summed E-state index contributed by atoms with van der Waals surface area (Å²) in [6.45, 7) is 3.91. The minimum absolute atomic E-state index is 0.0798. The number of hydrogen-bond donors (Lipinski definition) is 1. The monoisotopic (exact) mass is 1180 g/mol. The third kappa shape index (κ3) is 71.2. The van der Waals surface area contributed by atoms with Gasteiger partial charge in [0.2, 0.25) is 0 Å². The normalized spacial score (nSPS) is 13.5. The number of rotatable bonds is 62. The van der Waals surface area contributed by atoms with Gasteiger partial charge >= 0.3 is 11.9 Å². The molecule has 0 rings (SSSR count). The largest absolute Gasteiger partial charge is 0.462 e. The molecule has 1 atom stereocenters. The third-order valence-corrected chi connectivity index (χ3v) is 14.4. The number of unbranched alkanes of at least 4 members (excludes halogenated alkanes) is 22. The minimum atomic E-state index is -0.792. The van der Waals surface area contributed by atoms with E-state index in [0.717, 1.165) is 148 Å². The van der Waals surface area contributed by atoms with Crippen LogP contribution in [0.4, 0.5) is 0 Å². The maximum atomic E-state index is 12.4. The van der Waals surface area contributed by atoms with Crippen molar-refractivity contribution < 1.29 is 24.2 Å². The van der Waals surface area contributed by atoms with Gasteiger partial charge in [-0.3, -0.25) is 9.59 Å². The van der Waals surface area contributed by atoms with Gasteiger partial charge in [0.25, 0.3) is 0 Å². The highest BCUT2D eigenvalue weighted by molar-refractivity contribution is 5.70. The van der Waals surface area contributed by atoms with Gasteiger partial charge in [0.15, 0.2) is 6.10 Å². The average Bonchev–Trinajstić information content (AvgIpc) is 3.55. The quantitative estimate of drug-likeness (QED) is 0.0373. The first kappa shape index (κ1) is 80.7. The molecule has 0 amide bonds. The second kappa shape index (κ2) is 74.0. The summed E-state index contributed by atoms with van der Waals surface area (Å²) in [5.74, 6) is -0.608. The molecule has 0 saturated carbocycles. The van der Waals surface area contributed by atoms with Gasteiger partial charge in [0.05, 0.1) is 6.61 Å². The predicted octanol–water partition coefficient (Wildman–Crippen LogP) is 24.8. The molecule has 0 saturated heterocycles. The van der Waals surface area contributed by atoms with Crippen LogP contribution in [0, 0.1) is 0 Å². The molecule has 0 spiro atoms. The molecule has 5 nitrogen and oxygen atoms in total. The van der Waals surface area contributed by atoms with Crippen LogP contribution in [0.3, 0.4) is 0 Å². The van der Waals surface area contributed by atoms with Gasteiger partial charge in [-0.1, -0.05) is 324 Å². The highest BCUT2D eigenvalue weighted by Crippen LogP contribution is 2.16. The molecule has 0 aliphatic rings. The van der Waals surface area contributed by atoms with Crippen molar-refractivity contribution in [3.8, 4) is 0 Å². The minimum Gasteiger partial charge on any atom is -0.462 e. The fourth-order valence-electron chi connectivity index (χ4n) is 9.24. The number of esters is 2. The van der Waals surface area contributed by atoms with E-state index in [1.54, 1.807) is 0 Å². The van der Waals surface area contributed by atoms with Gasteiger partial charge in [0, 0.05) is 12.8 Å². The molecule has 0 heterocycles. The van der Waals surface area contributed by atoms with Crippen molar-refractivity contribution in [2.75, 3.05) is 13.2 Å². The van der Waals surface area contributed by atoms with Gasteiger partial charge in [-0.15, -0.1) is 0 Å². The Labute approximate surface area is 530 Å². The zero-order valence-electron chi connectivity index (χ0n) is 55.2. The molecular weight excluding hydrogens is 1050 g/mol. The number of aliphatic hydroxyl groups excluding tert-OH is 1. The van der Waals surface area contributed by atoms with Crippen LogP contribution >= 0.6 is 0 Å². The maximum absolute atomic E-state index is 12.4. The number of carbonyl (C=O) groups is 2.